The lowest BCUT2D eigenvalue weighted by Crippen LogP contribution is -2.30. The summed E-state index contributed by atoms with van der Waals surface area (Å²) in [5.74, 6) is 1.13. The lowest BCUT2D eigenvalue weighted by molar-refractivity contribution is 0.578. The van der Waals surface area contributed by atoms with Crippen LogP contribution in [0, 0.1) is 0 Å². The lowest BCUT2D eigenvalue weighted by atomic mass is 10.2. The van der Waals surface area contributed by atoms with Gasteiger partial charge in [0.05, 0.1) is 4.90 Å². The smallest absolute Gasteiger partial charge is 0.210 e. The molecule has 0 amide bonds. The second-order valence-electron chi connectivity index (χ2n) is 4.06. The SMILES string of the molecule is O=S(=O)(NCC1CCCS1)c1cc(Br)ccc1Br. The van der Waals surface area contributed by atoms with Crippen LogP contribution in [0.1, 0.15) is 12.8 Å². The highest BCUT2D eigenvalue weighted by molar-refractivity contribution is 9.11. The topological polar surface area (TPSA) is 46.2 Å². The van der Waals surface area contributed by atoms with Crippen molar-refractivity contribution in [3.05, 3.63) is 27.1 Å². The molecule has 2 rings (SSSR count). The molecule has 0 saturated carbocycles. The van der Waals surface area contributed by atoms with Crippen LogP contribution in [0.5, 0.6) is 0 Å². The van der Waals surface area contributed by atoms with E-state index in [4.69, 9.17) is 0 Å². The van der Waals surface area contributed by atoms with Crippen LogP contribution < -0.4 is 4.72 Å². The van der Waals surface area contributed by atoms with Crippen LogP contribution in [0.25, 0.3) is 0 Å². The minimum atomic E-state index is -3.44. The zero-order valence-corrected chi connectivity index (χ0v) is 14.3. The van der Waals surface area contributed by atoms with Gasteiger partial charge in [0, 0.05) is 20.7 Å². The van der Waals surface area contributed by atoms with Crippen LogP contribution >= 0.6 is 43.6 Å². The van der Waals surface area contributed by atoms with E-state index in [2.05, 4.69) is 36.6 Å². The summed E-state index contributed by atoms with van der Waals surface area (Å²) in [6, 6.07) is 5.13. The molecule has 1 aromatic rings. The Labute approximate surface area is 128 Å². The summed E-state index contributed by atoms with van der Waals surface area (Å²) in [6.07, 6.45) is 2.27. The maximum atomic E-state index is 12.2. The Morgan fingerprint density at radius 2 is 2.17 bits per heavy atom. The van der Waals surface area contributed by atoms with Crippen LogP contribution in [-0.2, 0) is 10.0 Å². The van der Waals surface area contributed by atoms with Crippen LogP contribution in [0.4, 0.5) is 0 Å². The minimum absolute atomic E-state index is 0.278. The molecule has 1 aromatic carbocycles. The first kappa shape index (κ1) is 14.8. The van der Waals surface area contributed by atoms with Crippen molar-refractivity contribution < 1.29 is 8.42 Å². The van der Waals surface area contributed by atoms with Gasteiger partial charge in [0.2, 0.25) is 10.0 Å². The number of thioether (sulfide) groups is 1. The first-order valence-corrected chi connectivity index (χ1v) is 9.67. The summed E-state index contributed by atoms with van der Waals surface area (Å²) in [7, 11) is -3.44. The number of hydrogen-bond acceptors (Lipinski definition) is 3. The molecule has 0 aliphatic carbocycles. The van der Waals surface area contributed by atoms with Gasteiger partial charge in [-0.15, -0.1) is 0 Å². The fourth-order valence-corrected chi connectivity index (χ4v) is 5.66. The summed E-state index contributed by atoms with van der Waals surface area (Å²) in [4.78, 5) is 0.278. The van der Waals surface area contributed by atoms with E-state index in [0.717, 1.165) is 16.6 Å². The van der Waals surface area contributed by atoms with E-state index >= 15 is 0 Å². The van der Waals surface area contributed by atoms with Crippen molar-refractivity contribution in [3.63, 3.8) is 0 Å². The highest BCUT2D eigenvalue weighted by atomic mass is 79.9. The first-order chi connectivity index (χ1) is 8.49. The third kappa shape index (κ3) is 3.72. The molecule has 1 aliphatic heterocycles. The number of benzene rings is 1. The van der Waals surface area contributed by atoms with E-state index in [1.54, 1.807) is 18.2 Å². The van der Waals surface area contributed by atoms with Gasteiger partial charge in [-0.05, 0) is 52.7 Å². The first-order valence-electron chi connectivity index (χ1n) is 5.55. The Hall–Kier alpha value is 0.440. The van der Waals surface area contributed by atoms with Crippen LogP contribution in [0.2, 0.25) is 0 Å². The Morgan fingerprint density at radius 3 is 2.83 bits per heavy atom. The van der Waals surface area contributed by atoms with E-state index in [1.165, 1.54) is 6.42 Å². The normalized spacial score (nSPS) is 20.2. The molecule has 0 radical (unpaired) electrons. The van der Waals surface area contributed by atoms with Crippen LogP contribution in [0.3, 0.4) is 0 Å². The summed E-state index contributed by atoms with van der Waals surface area (Å²) >= 11 is 8.40. The quantitative estimate of drug-likeness (QED) is 0.821. The standard InChI is InChI=1S/C11H13Br2NO2S2/c12-8-3-4-10(13)11(6-8)18(15,16)14-7-9-2-1-5-17-9/h3-4,6,9,14H,1-2,5,7H2. The van der Waals surface area contributed by atoms with Crippen molar-refractivity contribution in [2.24, 2.45) is 0 Å². The number of rotatable bonds is 4. The fourth-order valence-electron chi connectivity index (χ4n) is 1.77. The third-order valence-corrected chi connectivity index (χ3v) is 7.02. The molecule has 1 unspecified atom stereocenters. The van der Waals surface area contributed by atoms with Crippen molar-refractivity contribution in [2.75, 3.05) is 12.3 Å². The maximum Gasteiger partial charge on any atom is 0.241 e. The van der Waals surface area contributed by atoms with Crippen molar-refractivity contribution in [3.8, 4) is 0 Å². The monoisotopic (exact) mass is 413 g/mol. The molecule has 1 saturated heterocycles. The third-order valence-electron chi connectivity index (χ3n) is 2.71. The molecular formula is C11H13Br2NO2S2. The van der Waals surface area contributed by atoms with Gasteiger partial charge < -0.3 is 0 Å². The molecule has 1 fully saturated rings. The van der Waals surface area contributed by atoms with E-state index < -0.39 is 10.0 Å². The zero-order chi connectivity index (χ0) is 13.2. The van der Waals surface area contributed by atoms with Gasteiger partial charge >= 0.3 is 0 Å². The van der Waals surface area contributed by atoms with Gasteiger partial charge in [0.25, 0.3) is 0 Å². The molecule has 0 aromatic heterocycles. The summed E-state index contributed by atoms with van der Waals surface area (Å²) in [6.45, 7) is 0.506. The van der Waals surface area contributed by atoms with Gasteiger partial charge in [-0.3, -0.25) is 0 Å². The molecule has 7 heteroatoms. The lowest BCUT2D eigenvalue weighted by Gasteiger charge is -2.12. The number of halogens is 2. The average molecular weight is 415 g/mol. The van der Waals surface area contributed by atoms with Crippen LogP contribution in [-0.4, -0.2) is 26.0 Å². The molecule has 100 valence electrons. The van der Waals surface area contributed by atoms with Crippen molar-refractivity contribution in [1.29, 1.82) is 0 Å². The molecule has 0 bridgehead atoms. The second-order valence-corrected chi connectivity index (χ2v) is 8.98. The van der Waals surface area contributed by atoms with E-state index in [0.29, 0.717) is 16.3 Å². The van der Waals surface area contributed by atoms with Gasteiger partial charge in [-0.1, -0.05) is 15.9 Å². The molecule has 18 heavy (non-hydrogen) atoms. The minimum Gasteiger partial charge on any atom is -0.210 e. The van der Waals surface area contributed by atoms with E-state index in [1.807, 2.05) is 11.8 Å². The van der Waals surface area contributed by atoms with Crippen molar-refractivity contribution in [2.45, 2.75) is 23.0 Å². The molecule has 1 aliphatic rings. The van der Waals surface area contributed by atoms with Gasteiger partial charge in [-0.2, -0.15) is 11.8 Å². The Balaban J connectivity index is 2.12. The van der Waals surface area contributed by atoms with Gasteiger partial charge in [-0.25, -0.2) is 13.1 Å². The van der Waals surface area contributed by atoms with E-state index in [9.17, 15) is 8.42 Å². The van der Waals surface area contributed by atoms with Crippen molar-refractivity contribution in [1.82, 2.24) is 4.72 Å². The number of sulfonamides is 1. The summed E-state index contributed by atoms with van der Waals surface area (Å²) in [5.41, 5.74) is 0. The highest BCUT2D eigenvalue weighted by Crippen LogP contribution is 2.28. The summed E-state index contributed by atoms with van der Waals surface area (Å²) < 4.78 is 28.4. The zero-order valence-electron chi connectivity index (χ0n) is 9.53. The van der Waals surface area contributed by atoms with Gasteiger partial charge in [0.15, 0.2) is 0 Å². The summed E-state index contributed by atoms with van der Waals surface area (Å²) in [5, 5.41) is 0.408. The molecule has 0 spiro atoms. The molecule has 3 nitrogen and oxygen atoms in total. The molecule has 1 N–H and O–H groups in total. The second kappa shape index (κ2) is 6.26. The van der Waals surface area contributed by atoms with Gasteiger partial charge in [0.1, 0.15) is 0 Å². The van der Waals surface area contributed by atoms with Crippen molar-refractivity contribution >= 4 is 53.6 Å². The molecule has 1 atom stereocenters. The predicted octanol–water partition coefficient (Wildman–Crippen LogP) is 3.39. The average Bonchev–Trinajstić information content (AvgIpc) is 2.83. The number of nitrogens with one attached hydrogen (secondary N) is 1. The fraction of sp³-hybridized carbons (Fsp3) is 0.455. The number of hydrogen-bond donors (Lipinski definition) is 1. The molecule has 1 heterocycles. The van der Waals surface area contributed by atoms with E-state index in [-0.39, 0.29) is 4.90 Å². The Bertz CT molecular complexity index is 528. The Kier molecular flexibility index (Phi) is 5.16. The molecular weight excluding hydrogens is 402 g/mol. The van der Waals surface area contributed by atoms with Crippen LogP contribution in [0.15, 0.2) is 32.0 Å². The maximum absolute atomic E-state index is 12.2. The predicted molar refractivity (Wildman–Crippen MR) is 82.5 cm³/mol. The highest BCUT2D eigenvalue weighted by Gasteiger charge is 2.21. The Morgan fingerprint density at radius 1 is 1.39 bits per heavy atom. The largest absolute Gasteiger partial charge is 0.241 e.